The van der Waals surface area contributed by atoms with Crippen molar-refractivity contribution in [2.45, 2.75) is 32.9 Å². The monoisotopic (exact) mass is 211 g/mol. The maximum Gasteiger partial charge on any atom is 0.123 e. The topological polar surface area (TPSA) is 46.2 Å². The number of aliphatic hydroxyl groups excluding tert-OH is 1. The molecule has 0 radical (unpaired) electrons. The van der Waals surface area contributed by atoms with Gasteiger partial charge in [-0.05, 0) is 23.1 Å². The largest absolute Gasteiger partial charge is 0.391 e. The molecule has 0 heterocycles. The van der Waals surface area contributed by atoms with Gasteiger partial charge in [-0.25, -0.2) is 4.39 Å². The molecule has 1 rings (SSSR count). The van der Waals surface area contributed by atoms with E-state index >= 15 is 0 Å². The van der Waals surface area contributed by atoms with Gasteiger partial charge in [-0.2, -0.15) is 0 Å². The summed E-state index contributed by atoms with van der Waals surface area (Å²) in [6.07, 6.45) is -0.650. The van der Waals surface area contributed by atoms with Gasteiger partial charge in [-0.15, -0.1) is 0 Å². The van der Waals surface area contributed by atoms with Crippen LogP contribution in [-0.4, -0.2) is 11.2 Å². The van der Waals surface area contributed by atoms with Gasteiger partial charge in [0.2, 0.25) is 0 Å². The summed E-state index contributed by atoms with van der Waals surface area (Å²) in [6.45, 7) is 5.75. The second-order valence-corrected chi connectivity index (χ2v) is 4.89. The van der Waals surface area contributed by atoms with Crippen LogP contribution in [0, 0.1) is 11.2 Å². The molecular formula is C12H18FNO. The van der Waals surface area contributed by atoms with Crippen molar-refractivity contribution in [1.29, 1.82) is 0 Å². The average molecular weight is 211 g/mol. The zero-order chi connectivity index (χ0) is 11.6. The lowest BCUT2D eigenvalue weighted by molar-refractivity contribution is 0.0401. The van der Waals surface area contributed by atoms with Gasteiger partial charge >= 0.3 is 0 Å². The fraction of sp³-hybridized carbons (Fsp3) is 0.500. The van der Waals surface area contributed by atoms with E-state index in [-0.39, 0.29) is 11.2 Å². The smallest absolute Gasteiger partial charge is 0.123 e. The van der Waals surface area contributed by atoms with Crippen LogP contribution in [0.5, 0.6) is 0 Å². The summed E-state index contributed by atoms with van der Waals surface area (Å²) in [5.74, 6) is -0.295. The van der Waals surface area contributed by atoms with E-state index in [0.717, 1.165) is 5.56 Å². The molecule has 0 aliphatic heterocycles. The number of aliphatic hydroxyl groups is 1. The first-order chi connectivity index (χ1) is 6.82. The van der Waals surface area contributed by atoms with E-state index in [1.165, 1.54) is 12.1 Å². The number of hydrogen-bond acceptors (Lipinski definition) is 2. The van der Waals surface area contributed by atoms with Crippen LogP contribution >= 0.6 is 0 Å². The molecule has 0 unspecified atom stereocenters. The molecule has 0 saturated heterocycles. The van der Waals surface area contributed by atoms with Gasteiger partial charge in [0.05, 0.1) is 12.1 Å². The SMILES string of the molecule is CC(C)(C)[C@H](O)[C@H](N)c1ccc(F)cc1. The molecule has 0 fully saturated rings. The molecule has 0 bridgehead atoms. The highest BCUT2D eigenvalue weighted by atomic mass is 19.1. The summed E-state index contributed by atoms with van der Waals surface area (Å²) in [6, 6.07) is 5.43. The van der Waals surface area contributed by atoms with Gasteiger partial charge in [0, 0.05) is 0 Å². The van der Waals surface area contributed by atoms with Crippen LogP contribution in [0.3, 0.4) is 0 Å². The van der Waals surface area contributed by atoms with Gasteiger partial charge < -0.3 is 10.8 Å². The molecule has 0 aliphatic carbocycles. The second-order valence-electron chi connectivity index (χ2n) is 4.89. The van der Waals surface area contributed by atoms with Gasteiger partial charge in [-0.1, -0.05) is 32.9 Å². The third kappa shape index (κ3) is 3.01. The summed E-state index contributed by atoms with van der Waals surface area (Å²) in [5.41, 5.74) is 6.37. The summed E-state index contributed by atoms with van der Waals surface area (Å²) in [4.78, 5) is 0. The van der Waals surface area contributed by atoms with Gasteiger partial charge in [-0.3, -0.25) is 0 Å². The Labute approximate surface area is 89.9 Å². The maximum absolute atomic E-state index is 12.7. The number of hydrogen-bond donors (Lipinski definition) is 2. The zero-order valence-electron chi connectivity index (χ0n) is 9.37. The minimum atomic E-state index is -0.650. The highest BCUT2D eigenvalue weighted by Gasteiger charge is 2.28. The Hall–Kier alpha value is -0.930. The molecule has 84 valence electrons. The van der Waals surface area contributed by atoms with Crippen molar-refractivity contribution in [2.75, 3.05) is 0 Å². The van der Waals surface area contributed by atoms with Gasteiger partial charge in [0.1, 0.15) is 5.82 Å². The molecule has 0 aromatic heterocycles. The molecule has 2 atom stereocenters. The Morgan fingerprint density at radius 2 is 1.67 bits per heavy atom. The normalized spacial score (nSPS) is 16.1. The molecule has 0 aliphatic rings. The lowest BCUT2D eigenvalue weighted by Gasteiger charge is -2.31. The highest BCUT2D eigenvalue weighted by Crippen LogP contribution is 2.28. The predicted molar refractivity (Wildman–Crippen MR) is 58.8 cm³/mol. The van der Waals surface area contributed by atoms with Crippen LogP contribution in [-0.2, 0) is 0 Å². The Bertz CT molecular complexity index is 315. The maximum atomic E-state index is 12.7. The highest BCUT2D eigenvalue weighted by molar-refractivity contribution is 5.21. The summed E-state index contributed by atoms with van der Waals surface area (Å²) >= 11 is 0. The van der Waals surface area contributed by atoms with Gasteiger partial charge in [0.25, 0.3) is 0 Å². The van der Waals surface area contributed by atoms with Gasteiger partial charge in [0.15, 0.2) is 0 Å². The summed E-state index contributed by atoms with van der Waals surface area (Å²) in [5, 5.41) is 9.96. The van der Waals surface area contributed by atoms with Crippen LogP contribution in [0.4, 0.5) is 4.39 Å². The molecule has 15 heavy (non-hydrogen) atoms. The number of nitrogens with two attached hydrogens (primary N) is 1. The third-order valence-corrected chi connectivity index (χ3v) is 2.48. The number of benzene rings is 1. The van der Waals surface area contributed by atoms with Crippen molar-refractivity contribution in [3.63, 3.8) is 0 Å². The molecule has 0 amide bonds. The number of halogens is 1. The van der Waals surface area contributed by atoms with Crippen LogP contribution in [0.2, 0.25) is 0 Å². The van der Waals surface area contributed by atoms with Crippen LogP contribution < -0.4 is 5.73 Å². The molecular weight excluding hydrogens is 193 g/mol. The van der Waals surface area contributed by atoms with Crippen molar-refractivity contribution in [3.05, 3.63) is 35.6 Å². The fourth-order valence-corrected chi connectivity index (χ4v) is 1.41. The zero-order valence-corrected chi connectivity index (χ0v) is 9.37. The molecule has 0 spiro atoms. The van der Waals surface area contributed by atoms with E-state index in [0.29, 0.717) is 0 Å². The molecule has 3 heteroatoms. The number of rotatable bonds is 2. The first-order valence-electron chi connectivity index (χ1n) is 5.01. The Balaban J connectivity index is 2.85. The van der Waals surface area contributed by atoms with E-state index in [9.17, 15) is 9.50 Å². The van der Waals surface area contributed by atoms with Crippen molar-refractivity contribution in [3.8, 4) is 0 Å². The van der Waals surface area contributed by atoms with E-state index in [2.05, 4.69) is 0 Å². The van der Waals surface area contributed by atoms with Crippen molar-refractivity contribution in [1.82, 2.24) is 0 Å². The molecule has 1 aromatic rings. The van der Waals surface area contributed by atoms with Crippen molar-refractivity contribution >= 4 is 0 Å². The lowest BCUT2D eigenvalue weighted by atomic mass is 9.82. The molecule has 1 aromatic carbocycles. The minimum absolute atomic E-state index is 0.284. The van der Waals surface area contributed by atoms with E-state index in [4.69, 9.17) is 5.73 Å². The first kappa shape index (κ1) is 12.1. The molecule has 3 N–H and O–H groups in total. The Morgan fingerprint density at radius 3 is 2.07 bits per heavy atom. The van der Waals surface area contributed by atoms with Crippen LogP contribution in [0.25, 0.3) is 0 Å². The van der Waals surface area contributed by atoms with E-state index < -0.39 is 12.1 Å². The summed E-state index contributed by atoms with van der Waals surface area (Å²) in [7, 11) is 0. The summed E-state index contributed by atoms with van der Waals surface area (Å²) < 4.78 is 12.7. The van der Waals surface area contributed by atoms with E-state index in [1.54, 1.807) is 12.1 Å². The van der Waals surface area contributed by atoms with Crippen molar-refractivity contribution < 1.29 is 9.50 Å². The van der Waals surface area contributed by atoms with Crippen molar-refractivity contribution in [2.24, 2.45) is 11.1 Å². The lowest BCUT2D eigenvalue weighted by Crippen LogP contribution is -2.36. The van der Waals surface area contributed by atoms with Crippen LogP contribution in [0.1, 0.15) is 32.4 Å². The Kier molecular flexibility index (Phi) is 3.47. The second kappa shape index (κ2) is 4.29. The molecule has 2 nitrogen and oxygen atoms in total. The molecule has 0 saturated carbocycles. The fourth-order valence-electron chi connectivity index (χ4n) is 1.41. The Morgan fingerprint density at radius 1 is 1.20 bits per heavy atom. The van der Waals surface area contributed by atoms with Crippen LogP contribution in [0.15, 0.2) is 24.3 Å². The standard InChI is InChI=1S/C12H18FNO/c1-12(2,3)11(15)10(14)8-4-6-9(13)7-5-8/h4-7,10-11,15H,14H2,1-3H3/t10-,11-/m1/s1. The quantitative estimate of drug-likeness (QED) is 0.788. The average Bonchev–Trinajstić information content (AvgIpc) is 2.15. The third-order valence-electron chi connectivity index (χ3n) is 2.48. The van der Waals surface area contributed by atoms with E-state index in [1.807, 2.05) is 20.8 Å². The first-order valence-corrected chi connectivity index (χ1v) is 5.01. The predicted octanol–water partition coefficient (Wildman–Crippen LogP) is 2.23. The minimum Gasteiger partial charge on any atom is -0.391 e.